The Morgan fingerprint density at radius 1 is 1.50 bits per heavy atom. The van der Waals surface area contributed by atoms with Crippen molar-refractivity contribution in [2.45, 2.75) is 26.2 Å². The van der Waals surface area contributed by atoms with E-state index in [0.29, 0.717) is 0 Å². The Labute approximate surface area is 72.6 Å². The molecule has 2 aliphatic rings. The number of allylic oxidation sites excluding steroid dienone is 2. The van der Waals surface area contributed by atoms with Gasteiger partial charge in [-0.25, -0.2) is 0 Å². The molecule has 2 nitrogen and oxygen atoms in total. The average Bonchev–Trinajstić information content (AvgIpc) is 2.47. The average molecular weight is 163 g/mol. The lowest BCUT2D eigenvalue weighted by molar-refractivity contribution is -0.126. The molecule has 1 heterocycles. The monoisotopic (exact) mass is 163 g/mol. The van der Waals surface area contributed by atoms with Gasteiger partial charge in [0.1, 0.15) is 0 Å². The van der Waals surface area contributed by atoms with Crippen LogP contribution in [-0.4, -0.2) is 17.4 Å². The summed E-state index contributed by atoms with van der Waals surface area (Å²) in [5, 5.41) is 0. The van der Waals surface area contributed by atoms with Crippen molar-refractivity contribution in [1.29, 1.82) is 0 Å². The highest BCUT2D eigenvalue weighted by molar-refractivity contribution is 5.77. The molecule has 0 radical (unpaired) electrons. The normalized spacial score (nSPS) is 21.6. The number of hydrogen-bond acceptors (Lipinski definition) is 1. The van der Waals surface area contributed by atoms with E-state index in [0.717, 1.165) is 25.8 Å². The van der Waals surface area contributed by atoms with Gasteiger partial charge in [0, 0.05) is 19.2 Å². The molecule has 12 heavy (non-hydrogen) atoms. The van der Waals surface area contributed by atoms with Crippen LogP contribution in [-0.2, 0) is 4.79 Å². The fraction of sp³-hybridized carbons (Fsp3) is 0.500. The summed E-state index contributed by atoms with van der Waals surface area (Å²) in [5.41, 5.74) is 2.64. The zero-order valence-corrected chi connectivity index (χ0v) is 7.34. The second-order valence-electron chi connectivity index (χ2n) is 3.35. The highest BCUT2D eigenvalue weighted by Gasteiger charge is 2.23. The van der Waals surface area contributed by atoms with Crippen molar-refractivity contribution in [3.05, 3.63) is 23.4 Å². The molecular formula is C10H13NO. The number of carbonyl (C=O) groups excluding carboxylic acids is 1. The molecule has 0 fully saturated rings. The molecule has 0 aromatic rings. The fourth-order valence-electron chi connectivity index (χ4n) is 1.93. The summed E-state index contributed by atoms with van der Waals surface area (Å²) in [6.07, 6.45) is 7.62. The Bertz CT molecular complexity index is 276. The van der Waals surface area contributed by atoms with Crippen molar-refractivity contribution in [3.63, 3.8) is 0 Å². The standard InChI is InChI=1S/C10H13NO/c1-8(12)11-7-6-9-4-2-3-5-10(9)11/h3,5H,2,4,6-7H2,1H3. The van der Waals surface area contributed by atoms with Gasteiger partial charge >= 0.3 is 0 Å². The third kappa shape index (κ3) is 1.07. The van der Waals surface area contributed by atoms with E-state index in [1.165, 1.54) is 11.3 Å². The second-order valence-corrected chi connectivity index (χ2v) is 3.35. The molecule has 0 aromatic heterocycles. The van der Waals surface area contributed by atoms with Gasteiger partial charge in [0.25, 0.3) is 0 Å². The highest BCUT2D eigenvalue weighted by Crippen LogP contribution is 2.30. The molecule has 1 aliphatic heterocycles. The molecule has 1 amide bonds. The van der Waals surface area contributed by atoms with E-state index in [-0.39, 0.29) is 5.91 Å². The van der Waals surface area contributed by atoms with Gasteiger partial charge in [-0.05, 0) is 30.9 Å². The summed E-state index contributed by atoms with van der Waals surface area (Å²) in [6, 6.07) is 0. The number of amides is 1. The topological polar surface area (TPSA) is 20.3 Å². The largest absolute Gasteiger partial charge is 0.312 e. The van der Waals surface area contributed by atoms with Crippen molar-refractivity contribution >= 4 is 5.91 Å². The van der Waals surface area contributed by atoms with Crippen LogP contribution in [0, 0.1) is 0 Å². The first-order valence-corrected chi connectivity index (χ1v) is 4.45. The van der Waals surface area contributed by atoms with Gasteiger partial charge in [0.05, 0.1) is 0 Å². The molecule has 0 spiro atoms. The lowest BCUT2D eigenvalue weighted by atomic mass is 10.0. The minimum absolute atomic E-state index is 0.173. The van der Waals surface area contributed by atoms with Crippen LogP contribution < -0.4 is 0 Å². The molecule has 0 bridgehead atoms. The molecule has 0 N–H and O–H groups in total. The summed E-state index contributed by atoms with van der Waals surface area (Å²) in [4.78, 5) is 13.0. The quantitative estimate of drug-likeness (QED) is 0.533. The highest BCUT2D eigenvalue weighted by atomic mass is 16.2. The van der Waals surface area contributed by atoms with Gasteiger partial charge in [-0.2, -0.15) is 0 Å². The van der Waals surface area contributed by atoms with Gasteiger partial charge in [-0.15, -0.1) is 0 Å². The number of hydrogen-bond donors (Lipinski definition) is 0. The maximum atomic E-state index is 11.2. The van der Waals surface area contributed by atoms with Crippen molar-refractivity contribution in [3.8, 4) is 0 Å². The van der Waals surface area contributed by atoms with Gasteiger partial charge in [-0.3, -0.25) is 4.79 Å². The smallest absolute Gasteiger partial charge is 0.223 e. The van der Waals surface area contributed by atoms with Crippen LogP contribution in [0.1, 0.15) is 26.2 Å². The first-order valence-electron chi connectivity index (χ1n) is 4.45. The number of nitrogens with zero attached hydrogens (tertiary/aromatic N) is 1. The molecule has 0 unspecified atom stereocenters. The molecule has 2 heteroatoms. The summed E-state index contributed by atoms with van der Waals surface area (Å²) in [6.45, 7) is 2.53. The third-order valence-corrected chi connectivity index (χ3v) is 2.56. The summed E-state index contributed by atoms with van der Waals surface area (Å²) < 4.78 is 0. The van der Waals surface area contributed by atoms with Crippen molar-refractivity contribution in [2.24, 2.45) is 0 Å². The predicted molar refractivity (Wildman–Crippen MR) is 47.4 cm³/mol. The van der Waals surface area contributed by atoms with Crippen molar-refractivity contribution in [1.82, 2.24) is 4.90 Å². The Morgan fingerprint density at radius 3 is 3.08 bits per heavy atom. The van der Waals surface area contributed by atoms with E-state index in [1.807, 2.05) is 4.90 Å². The van der Waals surface area contributed by atoms with E-state index in [9.17, 15) is 4.79 Å². The lowest BCUT2D eigenvalue weighted by Crippen LogP contribution is -2.24. The van der Waals surface area contributed by atoms with Crippen LogP contribution in [0.4, 0.5) is 0 Å². The Balaban J connectivity index is 2.28. The van der Waals surface area contributed by atoms with Gasteiger partial charge in [-0.1, -0.05) is 6.08 Å². The zero-order valence-electron chi connectivity index (χ0n) is 7.34. The molecule has 0 atom stereocenters. The van der Waals surface area contributed by atoms with E-state index in [1.54, 1.807) is 6.92 Å². The van der Waals surface area contributed by atoms with Crippen LogP contribution in [0.25, 0.3) is 0 Å². The first kappa shape index (κ1) is 7.59. The van der Waals surface area contributed by atoms with E-state index in [2.05, 4.69) is 12.2 Å². The van der Waals surface area contributed by atoms with Crippen LogP contribution in [0.3, 0.4) is 0 Å². The molecule has 1 aliphatic carbocycles. The zero-order chi connectivity index (χ0) is 8.55. The van der Waals surface area contributed by atoms with Crippen molar-refractivity contribution in [2.75, 3.05) is 6.54 Å². The Kier molecular flexibility index (Phi) is 1.75. The van der Waals surface area contributed by atoms with Crippen LogP contribution in [0.15, 0.2) is 23.4 Å². The van der Waals surface area contributed by atoms with Crippen molar-refractivity contribution < 1.29 is 4.79 Å². The second kappa shape index (κ2) is 2.77. The maximum absolute atomic E-state index is 11.2. The van der Waals surface area contributed by atoms with E-state index >= 15 is 0 Å². The minimum Gasteiger partial charge on any atom is -0.312 e. The SMILES string of the molecule is CC(=O)N1CCC2=C1C=CCC2. The number of rotatable bonds is 0. The molecule has 2 rings (SSSR count). The van der Waals surface area contributed by atoms with Crippen LogP contribution in [0.2, 0.25) is 0 Å². The lowest BCUT2D eigenvalue weighted by Gasteiger charge is -2.17. The summed E-state index contributed by atoms with van der Waals surface area (Å²) in [7, 11) is 0. The molecule has 0 saturated heterocycles. The summed E-state index contributed by atoms with van der Waals surface area (Å²) in [5.74, 6) is 0.173. The van der Waals surface area contributed by atoms with Crippen LogP contribution >= 0.6 is 0 Å². The predicted octanol–water partition coefficient (Wildman–Crippen LogP) is 1.84. The third-order valence-electron chi connectivity index (χ3n) is 2.56. The van der Waals surface area contributed by atoms with Gasteiger partial charge in [0.2, 0.25) is 5.91 Å². The molecule has 0 saturated carbocycles. The molecular weight excluding hydrogens is 150 g/mol. The van der Waals surface area contributed by atoms with Gasteiger partial charge < -0.3 is 4.90 Å². The minimum atomic E-state index is 0.173. The first-order chi connectivity index (χ1) is 5.79. The molecule has 0 aromatic carbocycles. The maximum Gasteiger partial charge on any atom is 0.223 e. The Hall–Kier alpha value is -1.05. The van der Waals surface area contributed by atoms with Gasteiger partial charge in [0.15, 0.2) is 0 Å². The van der Waals surface area contributed by atoms with E-state index < -0.39 is 0 Å². The number of carbonyl (C=O) groups is 1. The Morgan fingerprint density at radius 2 is 2.33 bits per heavy atom. The fourth-order valence-corrected chi connectivity index (χ4v) is 1.93. The summed E-state index contributed by atoms with van der Waals surface area (Å²) >= 11 is 0. The van der Waals surface area contributed by atoms with Crippen LogP contribution in [0.5, 0.6) is 0 Å². The molecule has 64 valence electrons. The van der Waals surface area contributed by atoms with E-state index in [4.69, 9.17) is 0 Å².